The molecule has 0 radical (unpaired) electrons. The first kappa shape index (κ1) is 19.6. The van der Waals surface area contributed by atoms with Crippen LogP contribution >= 0.6 is 11.8 Å². The molecule has 1 aliphatic rings. The first-order chi connectivity index (χ1) is 11.1. The van der Waals surface area contributed by atoms with Crippen molar-refractivity contribution in [2.45, 2.75) is 39.7 Å². The van der Waals surface area contributed by atoms with Gasteiger partial charge in [0.1, 0.15) is 0 Å². The van der Waals surface area contributed by atoms with Gasteiger partial charge in [-0.1, -0.05) is 24.3 Å². The predicted octanol–water partition coefficient (Wildman–Crippen LogP) is 3.37. The standard InChI is InChI=1S/C18H29N3OS/c1-5-17(23-4)9-6-7-11-19-18(22)10-8-12-21-14-20-15(2)13-16(21)3/h5-6,8-9,12-13,15,20H,7,10-11,14H2,1-4H3,(H,19,22)/b9-6+,12-8-,17-5-. The second-order valence-corrected chi connectivity index (χ2v) is 6.33. The smallest absolute Gasteiger partial charge is 0.223 e. The third-order valence-electron chi connectivity index (χ3n) is 3.55. The van der Waals surface area contributed by atoms with E-state index in [9.17, 15) is 4.79 Å². The van der Waals surface area contributed by atoms with Crippen LogP contribution in [0.5, 0.6) is 0 Å². The molecule has 1 heterocycles. The molecule has 0 saturated carbocycles. The summed E-state index contributed by atoms with van der Waals surface area (Å²) in [5.41, 5.74) is 1.21. The van der Waals surface area contributed by atoms with E-state index in [1.54, 1.807) is 11.8 Å². The number of nitrogens with one attached hydrogen (secondary N) is 2. The summed E-state index contributed by atoms with van der Waals surface area (Å²) in [5.74, 6) is 0.0609. The second-order valence-electron chi connectivity index (χ2n) is 5.45. The lowest BCUT2D eigenvalue weighted by Crippen LogP contribution is -2.39. The highest BCUT2D eigenvalue weighted by Gasteiger charge is 2.10. The van der Waals surface area contributed by atoms with Crippen LogP contribution < -0.4 is 10.6 Å². The predicted molar refractivity (Wildman–Crippen MR) is 101 cm³/mol. The Labute approximate surface area is 144 Å². The van der Waals surface area contributed by atoms with Crippen LogP contribution in [0.3, 0.4) is 0 Å². The lowest BCUT2D eigenvalue weighted by Gasteiger charge is -2.29. The zero-order valence-electron chi connectivity index (χ0n) is 14.6. The second kappa shape index (κ2) is 11.1. The maximum atomic E-state index is 11.8. The third kappa shape index (κ3) is 8.09. The molecule has 0 aromatic heterocycles. The molecule has 1 amide bonds. The zero-order valence-corrected chi connectivity index (χ0v) is 15.5. The van der Waals surface area contributed by atoms with Gasteiger partial charge in [-0.2, -0.15) is 0 Å². The van der Waals surface area contributed by atoms with Crippen molar-refractivity contribution in [2.24, 2.45) is 0 Å². The van der Waals surface area contributed by atoms with Gasteiger partial charge in [0.05, 0.1) is 6.67 Å². The number of rotatable bonds is 8. The molecule has 4 nitrogen and oxygen atoms in total. The first-order valence-corrected chi connectivity index (χ1v) is 9.28. The average molecular weight is 336 g/mol. The van der Waals surface area contributed by atoms with Gasteiger partial charge in [0, 0.05) is 35.8 Å². The molecular formula is C18H29N3OS. The fourth-order valence-corrected chi connectivity index (χ4v) is 2.66. The average Bonchev–Trinajstić information content (AvgIpc) is 2.53. The van der Waals surface area contributed by atoms with E-state index in [4.69, 9.17) is 0 Å². The molecule has 1 rings (SSSR count). The van der Waals surface area contributed by atoms with Gasteiger partial charge in [0.15, 0.2) is 0 Å². The Bertz CT molecular complexity index is 494. The maximum Gasteiger partial charge on any atom is 0.223 e. The Kier molecular flexibility index (Phi) is 9.48. The molecule has 128 valence electrons. The molecule has 5 heteroatoms. The van der Waals surface area contributed by atoms with E-state index >= 15 is 0 Å². The fourth-order valence-electron chi connectivity index (χ4n) is 2.19. The molecule has 23 heavy (non-hydrogen) atoms. The van der Waals surface area contributed by atoms with E-state index in [0.717, 1.165) is 13.1 Å². The van der Waals surface area contributed by atoms with Gasteiger partial charge < -0.3 is 10.2 Å². The Balaban J connectivity index is 2.22. The number of allylic oxidation sites excluding steroid dienone is 3. The molecule has 0 bridgehead atoms. The van der Waals surface area contributed by atoms with Crippen LogP contribution in [0.1, 0.15) is 33.6 Å². The van der Waals surface area contributed by atoms with Gasteiger partial charge in [0.2, 0.25) is 5.91 Å². The minimum absolute atomic E-state index is 0.0609. The molecule has 0 aromatic carbocycles. The van der Waals surface area contributed by atoms with E-state index in [1.807, 2.05) is 19.2 Å². The van der Waals surface area contributed by atoms with Gasteiger partial charge in [-0.05, 0) is 39.5 Å². The highest BCUT2D eigenvalue weighted by molar-refractivity contribution is 8.02. The summed E-state index contributed by atoms with van der Waals surface area (Å²) < 4.78 is 0. The molecule has 0 saturated heterocycles. The molecule has 0 fully saturated rings. The number of amides is 1. The Morgan fingerprint density at radius 2 is 2.30 bits per heavy atom. The number of hydrogen-bond donors (Lipinski definition) is 2. The van der Waals surface area contributed by atoms with Gasteiger partial charge in [-0.15, -0.1) is 11.8 Å². The summed E-state index contributed by atoms with van der Waals surface area (Å²) in [7, 11) is 0. The van der Waals surface area contributed by atoms with Crippen molar-refractivity contribution in [1.82, 2.24) is 15.5 Å². The van der Waals surface area contributed by atoms with Gasteiger partial charge in [0.25, 0.3) is 0 Å². The van der Waals surface area contributed by atoms with Gasteiger partial charge in [-0.3, -0.25) is 10.1 Å². The minimum Gasteiger partial charge on any atom is -0.356 e. The van der Waals surface area contributed by atoms with E-state index in [-0.39, 0.29) is 5.91 Å². The van der Waals surface area contributed by atoms with Gasteiger partial charge >= 0.3 is 0 Å². The lowest BCUT2D eigenvalue weighted by atomic mass is 10.2. The SMILES string of the molecule is C/C=C(/C=C/CCNC(=O)C/C=C\N1CNC(C)C=C1C)SC. The molecule has 1 atom stereocenters. The van der Waals surface area contributed by atoms with E-state index < -0.39 is 0 Å². The molecule has 0 aromatic rings. The van der Waals surface area contributed by atoms with Crippen LogP contribution in [0.4, 0.5) is 0 Å². The van der Waals surface area contributed by atoms with Crippen LogP contribution in [0, 0.1) is 0 Å². The Morgan fingerprint density at radius 3 is 2.96 bits per heavy atom. The van der Waals surface area contributed by atoms with Crippen molar-refractivity contribution in [3.63, 3.8) is 0 Å². The maximum absolute atomic E-state index is 11.8. The summed E-state index contributed by atoms with van der Waals surface area (Å²) in [6.07, 6.45) is 15.6. The van der Waals surface area contributed by atoms with Crippen molar-refractivity contribution in [3.8, 4) is 0 Å². The summed E-state index contributed by atoms with van der Waals surface area (Å²) in [6, 6.07) is 0.408. The van der Waals surface area contributed by atoms with E-state index in [0.29, 0.717) is 19.0 Å². The monoisotopic (exact) mass is 335 g/mol. The molecule has 1 unspecified atom stereocenters. The number of carbonyl (C=O) groups is 1. The lowest BCUT2D eigenvalue weighted by molar-refractivity contribution is -0.120. The molecular weight excluding hydrogens is 306 g/mol. The Morgan fingerprint density at radius 1 is 1.52 bits per heavy atom. The summed E-state index contributed by atoms with van der Waals surface area (Å²) in [6.45, 7) is 7.71. The molecule has 1 aliphatic heterocycles. The summed E-state index contributed by atoms with van der Waals surface area (Å²) >= 11 is 1.72. The molecule has 0 spiro atoms. The zero-order chi connectivity index (χ0) is 17.1. The fraction of sp³-hybridized carbons (Fsp3) is 0.500. The van der Waals surface area contributed by atoms with Gasteiger partial charge in [-0.25, -0.2) is 0 Å². The highest BCUT2D eigenvalue weighted by atomic mass is 32.2. The molecule has 2 N–H and O–H groups in total. The van der Waals surface area contributed by atoms with Crippen molar-refractivity contribution in [2.75, 3.05) is 19.5 Å². The van der Waals surface area contributed by atoms with Crippen molar-refractivity contribution < 1.29 is 4.79 Å². The number of carbonyl (C=O) groups excluding carboxylic acids is 1. The first-order valence-electron chi connectivity index (χ1n) is 8.05. The summed E-state index contributed by atoms with van der Waals surface area (Å²) in [5, 5.41) is 6.28. The third-order valence-corrected chi connectivity index (χ3v) is 4.40. The van der Waals surface area contributed by atoms with Crippen molar-refractivity contribution in [3.05, 3.63) is 47.2 Å². The van der Waals surface area contributed by atoms with Crippen molar-refractivity contribution >= 4 is 17.7 Å². The van der Waals surface area contributed by atoms with Crippen LogP contribution in [0.25, 0.3) is 0 Å². The van der Waals surface area contributed by atoms with E-state index in [2.05, 4.69) is 59.9 Å². The normalized spacial score (nSPS) is 19.5. The number of hydrogen-bond acceptors (Lipinski definition) is 4. The van der Waals surface area contributed by atoms with Crippen LogP contribution in [-0.2, 0) is 4.79 Å². The number of thioether (sulfide) groups is 1. The quantitative estimate of drug-likeness (QED) is 0.527. The largest absolute Gasteiger partial charge is 0.356 e. The molecule has 0 aliphatic carbocycles. The Hall–Kier alpha value is -1.46. The number of nitrogens with zero attached hydrogens (tertiary/aromatic N) is 1. The van der Waals surface area contributed by atoms with Crippen LogP contribution in [0.2, 0.25) is 0 Å². The van der Waals surface area contributed by atoms with Crippen molar-refractivity contribution in [1.29, 1.82) is 0 Å². The van der Waals surface area contributed by atoms with Crippen LogP contribution in [0.15, 0.2) is 47.2 Å². The highest BCUT2D eigenvalue weighted by Crippen LogP contribution is 2.12. The van der Waals surface area contributed by atoms with E-state index in [1.165, 1.54) is 10.6 Å². The summed E-state index contributed by atoms with van der Waals surface area (Å²) in [4.78, 5) is 15.1. The minimum atomic E-state index is 0.0609. The topological polar surface area (TPSA) is 44.4 Å². The van der Waals surface area contributed by atoms with Crippen LogP contribution in [-0.4, -0.2) is 36.3 Å².